The van der Waals surface area contributed by atoms with Gasteiger partial charge in [-0.05, 0) is 6.54 Å². The Morgan fingerprint density at radius 2 is 2.56 bits per heavy atom. The van der Waals surface area contributed by atoms with Crippen molar-refractivity contribution in [1.82, 2.24) is 10.2 Å². The van der Waals surface area contributed by atoms with Crippen molar-refractivity contribution in [3.05, 3.63) is 12.3 Å². The van der Waals surface area contributed by atoms with Crippen LogP contribution in [0.2, 0.25) is 0 Å². The fourth-order valence-electron chi connectivity index (χ4n) is 1.07. The van der Waals surface area contributed by atoms with Gasteiger partial charge in [-0.25, -0.2) is 0 Å². The molecule has 1 heterocycles. The summed E-state index contributed by atoms with van der Waals surface area (Å²) in [6, 6.07) is 0. The molecule has 0 aromatic heterocycles. The lowest BCUT2D eigenvalue weighted by Gasteiger charge is -2.27. The SMILES string of the molecule is C=C1CN(CC)CCN1. The van der Waals surface area contributed by atoms with Gasteiger partial charge in [0.1, 0.15) is 0 Å². The van der Waals surface area contributed by atoms with Gasteiger partial charge in [-0.1, -0.05) is 13.5 Å². The van der Waals surface area contributed by atoms with Gasteiger partial charge in [0.2, 0.25) is 0 Å². The first-order valence-electron chi connectivity index (χ1n) is 3.47. The first-order chi connectivity index (χ1) is 4.33. The van der Waals surface area contributed by atoms with Crippen LogP contribution in [0.25, 0.3) is 0 Å². The summed E-state index contributed by atoms with van der Waals surface area (Å²) < 4.78 is 0. The Hall–Kier alpha value is -0.500. The summed E-state index contributed by atoms with van der Waals surface area (Å²) in [4.78, 5) is 2.37. The smallest absolute Gasteiger partial charge is 0.0376 e. The maximum Gasteiger partial charge on any atom is 0.0376 e. The summed E-state index contributed by atoms with van der Waals surface area (Å²) in [5.74, 6) is 0. The van der Waals surface area contributed by atoms with Gasteiger partial charge in [0.25, 0.3) is 0 Å². The molecule has 1 rings (SSSR count). The molecule has 1 aliphatic rings. The summed E-state index contributed by atoms with van der Waals surface area (Å²) >= 11 is 0. The Morgan fingerprint density at radius 1 is 1.78 bits per heavy atom. The molecule has 0 amide bonds. The molecular weight excluding hydrogens is 112 g/mol. The van der Waals surface area contributed by atoms with E-state index in [0.29, 0.717) is 0 Å². The lowest BCUT2D eigenvalue weighted by Crippen LogP contribution is -2.41. The number of likely N-dealkylation sites (N-methyl/N-ethyl adjacent to an activating group) is 1. The number of nitrogens with zero attached hydrogens (tertiary/aromatic N) is 1. The van der Waals surface area contributed by atoms with Crippen molar-refractivity contribution < 1.29 is 0 Å². The van der Waals surface area contributed by atoms with E-state index in [1.165, 1.54) is 0 Å². The standard InChI is InChI=1S/C7H14N2/c1-3-9-5-4-8-7(2)6-9/h8H,2-6H2,1H3. The molecule has 0 aromatic rings. The average molecular weight is 126 g/mol. The Morgan fingerprint density at radius 3 is 3.00 bits per heavy atom. The fraction of sp³-hybridized carbons (Fsp3) is 0.714. The predicted molar refractivity (Wildman–Crippen MR) is 39.3 cm³/mol. The minimum atomic E-state index is 1.02. The summed E-state index contributed by atoms with van der Waals surface area (Å²) in [7, 11) is 0. The molecule has 1 aliphatic heterocycles. The zero-order valence-electron chi connectivity index (χ0n) is 5.98. The number of hydrogen-bond donors (Lipinski definition) is 1. The van der Waals surface area contributed by atoms with Crippen LogP contribution in [0.1, 0.15) is 6.92 Å². The number of rotatable bonds is 1. The molecule has 0 aromatic carbocycles. The average Bonchev–Trinajstić information content (AvgIpc) is 1.88. The minimum absolute atomic E-state index is 1.02. The van der Waals surface area contributed by atoms with Crippen molar-refractivity contribution in [1.29, 1.82) is 0 Å². The van der Waals surface area contributed by atoms with E-state index >= 15 is 0 Å². The molecule has 9 heavy (non-hydrogen) atoms. The predicted octanol–water partition coefficient (Wildman–Crippen LogP) is 0.425. The van der Waals surface area contributed by atoms with Crippen molar-refractivity contribution >= 4 is 0 Å². The van der Waals surface area contributed by atoms with Gasteiger partial charge in [0.05, 0.1) is 0 Å². The van der Waals surface area contributed by atoms with Crippen LogP contribution in [0.3, 0.4) is 0 Å². The maximum atomic E-state index is 3.86. The van der Waals surface area contributed by atoms with Crippen LogP contribution in [-0.4, -0.2) is 31.1 Å². The van der Waals surface area contributed by atoms with E-state index in [0.717, 1.165) is 31.9 Å². The second-order valence-corrected chi connectivity index (χ2v) is 2.40. The summed E-state index contributed by atoms with van der Waals surface area (Å²) in [5, 5.41) is 3.21. The van der Waals surface area contributed by atoms with Crippen LogP contribution < -0.4 is 5.32 Å². The van der Waals surface area contributed by atoms with Gasteiger partial charge in [0, 0.05) is 25.3 Å². The monoisotopic (exact) mass is 126 g/mol. The molecule has 2 nitrogen and oxygen atoms in total. The summed E-state index contributed by atoms with van der Waals surface area (Å²) in [6.45, 7) is 10.4. The molecule has 1 saturated heterocycles. The molecule has 0 spiro atoms. The maximum absolute atomic E-state index is 3.86. The van der Waals surface area contributed by atoms with Crippen LogP contribution >= 0.6 is 0 Å². The molecule has 2 heteroatoms. The molecule has 0 aliphatic carbocycles. The molecule has 0 radical (unpaired) electrons. The first-order valence-corrected chi connectivity index (χ1v) is 3.47. The highest BCUT2D eigenvalue weighted by Gasteiger charge is 2.08. The van der Waals surface area contributed by atoms with Gasteiger partial charge >= 0.3 is 0 Å². The molecule has 0 bridgehead atoms. The Kier molecular flexibility index (Phi) is 2.11. The van der Waals surface area contributed by atoms with E-state index < -0.39 is 0 Å². The van der Waals surface area contributed by atoms with E-state index in [-0.39, 0.29) is 0 Å². The number of piperazine rings is 1. The first kappa shape index (κ1) is 6.62. The highest BCUT2D eigenvalue weighted by molar-refractivity contribution is 4.97. The van der Waals surface area contributed by atoms with E-state index in [9.17, 15) is 0 Å². The normalized spacial score (nSPS) is 21.7. The van der Waals surface area contributed by atoms with E-state index in [1.54, 1.807) is 0 Å². The zero-order valence-corrected chi connectivity index (χ0v) is 5.98. The second-order valence-electron chi connectivity index (χ2n) is 2.40. The van der Waals surface area contributed by atoms with Crippen LogP contribution in [0, 0.1) is 0 Å². The zero-order chi connectivity index (χ0) is 6.69. The summed E-state index contributed by atoms with van der Waals surface area (Å²) in [6.07, 6.45) is 0. The Balaban J connectivity index is 2.32. The van der Waals surface area contributed by atoms with Crippen molar-refractivity contribution in [3.8, 4) is 0 Å². The van der Waals surface area contributed by atoms with E-state index in [2.05, 4.69) is 23.7 Å². The molecule has 1 fully saturated rings. The molecule has 0 atom stereocenters. The van der Waals surface area contributed by atoms with Gasteiger partial charge in [-0.2, -0.15) is 0 Å². The van der Waals surface area contributed by atoms with Crippen LogP contribution in [0.5, 0.6) is 0 Å². The van der Waals surface area contributed by atoms with Crippen LogP contribution in [0.15, 0.2) is 12.3 Å². The number of hydrogen-bond acceptors (Lipinski definition) is 2. The Bertz CT molecular complexity index is 109. The van der Waals surface area contributed by atoms with Crippen molar-refractivity contribution in [2.45, 2.75) is 6.92 Å². The quantitative estimate of drug-likeness (QED) is 0.548. The molecule has 1 N–H and O–H groups in total. The van der Waals surface area contributed by atoms with Gasteiger partial charge in [0.15, 0.2) is 0 Å². The molecule has 52 valence electrons. The molecule has 0 saturated carbocycles. The third-order valence-corrected chi connectivity index (χ3v) is 1.66. The summed E-state index contributed by atoms with van der Waals surface area (Å²) in [5.41, 5.74) is 1.16. The topological polar surface area (TPSA) is 15.3 Å². The van der Waals surface area contributed by atoms with Crippen LogP contribution in [0.4, 0.5) is 0 Å². The van der Waals surface area contributed by atoms with Crippen molar-refractivity contribution in [2.75, 3.05) is 26.2 Å². The largest absolute Gasteiger partial charge is 0.386 e. The van der Waals surface area contributed by atoms with Crippen molar-refractivity contribution in [3.63, 3.8) is 0 Å². The molecule has 0 unspecified atom stereocenters. The van der Waals surface area contributed by atoms with Gasteiger partial charge in [-0.15, -0.1) is 0 Å². The third-order valence-electron chi connectivity index (χ3n) is 1.66. The third kappa shape index (κ3) is 1.72. The fourth-order valence-corrected chi connectivity index (χ4v) is 1.07. The lowest BCUT2D eigenvalue weighted by atomic mass is 10.3. The van der Waals surface area contributed by atoms with Crippen molar-refractivity contribution in [2.24, 2.45) is 0 Å². The molecular formula is C7H14N2. The van der Waals surface area contributed by atoms with E-state index in [4.69, 9.17) is 0 Å². The highest BCUT2D eigenvalue weighted by atomic mass is 15.2. The number of nitrogens with one attached hydrogen (secondary N) is 1. The minimum Gasteiger partial charge on any atom is -0.386 e. The van der Waals surface area contributed by atoms with Gasteiger partial charge in [-0.3, -0.25) is 4.90 Å². The second kappa shape index (κ2) is 2.87. The highest BCUT2D eigenvalue weighted by Crippen LogP contribution is 1.97. The van der Waals surface area contributed by atoms with Crippen LogP contribution in [-0.2, 0) is 0 Å². The lowest BCUT2D eigenvalue weighted by molar-refractivity contribution is 0.281. The van der Waals surface area contributed by atoms with E-state index in [1.807, 2.05) is 0 Å². The van der Waals surface area contributed by atoms with Gasteiger partial charge < -0.3 is 5.32 Å². The Labute approximate surface area is 56.5 Å².